The number of halogens is 2. The largest absolute Gasteiger partial charge is 0.490 e. The first-order chi connectivity index (χ1) is 16.9. The van der Waals surface area contributed by atoms with E-state index in [1.165, 1.54) is 4.68 Å². The van der Waals surface area contributed by atoms with Crippen LogP contribution in [0, 0.1) is 0 Å². The van der Waals surface area contributed by atoms with Gasteiger partial charge >= 0.3 is 0 Å². The van der Waals surface area contributed by atoms with Gasteiger partial charge in [0.1, 0.15) is 11.3 Å². The lowest BCUT2D eigenvalue weighted by molar-refractivity contribution is 0.216. The van der Waals surface area contributed by atoms with Crippen LogP contribution in [0.5, 0.6) is 5.75 Å². The van der Waals surface area contributed by atoms with Crippen molar-refractivity contribution in [2.45, 2.75) is 26.4 Å². The number of para-hydroxylation sites is 1. The minimum absolute atomic E-state index is 0.106. The van der Waals surface area contributed by atoms with Gasteiger partial charge in [-0.25, -0.2) is 4.98 Å². The summed E-state index contributed by atoms with van der Waals surface area (Å²) in [6.45, 7) is 4.09. The maximum Gasteiger partial charge on any atom is 0.282 e. The molecular formula is C27H21BrClN3O3. The topological polar surface area (TPSA) is 69.6 Å². The zero-order valence-corrected chi connectivity index (χ0v) is 21.4. The van der Waals surface area contributed by atoms with E-state index in [2.05, 4.69) is 28.0 Å². The molecule has 0 aliphatic heterocycles. The summed E-state index contributed by atoms with van der Waals surface area (Å²) in [6, 6.07) is 20.0. The number of hydrogen-bond donors (Lipinski definition) is 0. The second-order valence-corrected chi connectivity index (χ2v) is 9.42. The van der Waals surface area contributed by atoms with E-state index in [0.29, 0.717) is 33.1 Å². The van der Waals surface area contributed by atoms with Crippen LogP contribution < -0.4 is 10.3 Å². The van der Waals surface area contributed by atoms with Crippen LogP contribution in [0.15, 0.2) is 85.5 Å². The molecule has 5 aromatic rings. The molecule has 0 saturated heterocycles. The van der Waals surface area contributed by atoms with Crippen LogP contribution in [0.4, 0.5) is 0 Å². The van der Waals surface area contributed by atoms with Crippen LogP contribution in [-0.2, 0) is 0 Å². The van der Waals surface area contributed by atoms with Gasteiger partial charge in [0.15, 0.2) is 5.76 Å². The van der Waals surface area contributed by atoms with Crippen molar-refractivity contribution in [1.29, 1.82) is 0 Å². The number of hydrogen-bond acceptors (Lipinski definition) is 5. The van der Waals surface area contributed by atoms with Crippen molar-refractivity contribution in [3.05, 3.63) is 92.1 Å². The fourth-order valence-corrected chi connectivity index (χ4v) is 4.30. The highest BCUT2D eigenvalue weighted by atomic mass is 79.9. The van der Waals surface area contributed by atoms with Crippen LogP contribution in [-0.4, -0.2) is 22.0 Å². The van der Waals surface area contributed by atoms with E-state index < -0.39 is 0 Å². The van der Waals surface area contributed by atoms with Crippen LogP contribution in [0.1, 0.15) is 25.8 Å². The summed E-state index contributed by atoms with van der Waals surface area (Å²) in [4.78, 5) is 18.1. The number of benzene rings is 3. The number of nitrogens with zero attached hydrogens (tertiary/aromatic N) is 3. The molecule has 0 amide bonds. The van der Waals surface area contributed by atoms with Crippen molar-refractivity contribution in [3.63, 3.8) is 0 Å². The first-order valence-electron chi connectivity index (χ1n) is 11.1. The molecule has 3 aromatic carbocycles. The average molecular weight is 551 g/mol. The molecule has 0 spiro atoms. The molecule has 35 heavy (non-hydrogen) atoms. The summed E-state index contributed by atoms with van der Waals surface area (Å²) in [6.07, 6.45) is 2.62. The second-order valence-electron chi connectivity index (χ2n) is 8.13. The van der Waals surface area contributed by atoms with E-state index in [0.717, 1.165) is 27.6 Å². The van der Waals surface area contributed by atoms with E-state index in [-0.39, 0.29) is 11.7 Å². The van der Waals surface area contributed by atoms with Crippen LogP contribution in [0.3, 0.4) is 0 Å². The molecule has 6 nitrogen and oxygen atoms in total. The van der Waals surface area contributed by atoms with Gasteiger partial charge in [-0.2, -0.15) is 9.78 Å². The Kier molecular flexibility index (Phi) is 6.45. The lowest BCUT2D eigenvalue weighted by Crippen LogP contribution is -2.20. The Balaban J connectivity index is 1.61. The Morgan fingerprint density at radius 1 is 1.17 bits per heavy atom. The molecule has 0 radical (unpaired) electrons. The zero-order valence-electron chi connectivity index (χ0n) is 19.0. The van der Waals surface area contributed by atoms with Gasteiger partial charge in [-0.1, -0.05) is 30.7 Å². The third-order valence-corrected chi connectivity index (χ3v) is 6.49. The summed E-state index contributed by atoms with van der Waals surface area (Å²) < 4.78 is 14.0. The molecule has 0 aliphatic carbocycles. The van der Waals surface area contributed by atoms with Crippen molar-refractivity contribution >= 4 is 55.6 Å². The van der Waals surface area contributed by atoms with E-state index >= 15 is 0 Å². The van der Waals surface area contributed by atoms with Gasteiger partial charge in [0.2, 0.25) is 5.82 Å². The summed E-state index contributed by atoms with van der Waals surface area (Å²) in [5.74, 6) is 1.47. The van der Waals surface area contributed by atoms with E-state index in [4.69, 9.17) is 25.7 Å². The highest BCUT2D eigenvalue weighted by Crippen LogP contribution is 2.30. The molecule has 2 heterocycles. The molecule has 0 fully saturated rings. The number of furan rings is 1. The van der Waals surface area contributed by atoms with E-state index in [1.807, 2.05) is 31.2 Å². The van der Waals surface area contributed by atoms with Gasteiger partial charge in [0.05, 0.1) is 27.7 Å². The molecule has 0 aliphatic rings. The standard InChI is InChI=1S/C27H21BrClN3O3/c1-3-16(2)34-24-10-8-17(12-21(24)28)15-30-32-26(31-22-7-5-4-6-20(22)27(32)33)25-14-18-13-19(29)9-11-23(18)35-25/h4-16H,3H2,1-2H3/t16-/m1/s1. The van der Waals surface area contributed by atoms with Gasteiger partial charge in [-0.15, -0.1) is 0 Å². The van der Waals surface area contributed by atoms with Crippen molar-refractivity contribution in [1.82, 2.24) is 9.66 Å². The van der Waals surface area contributed by atoms with Crippen molar-refractivity contribution in [2.24, 2.45) is 5.10 Å². The quantitative estimate of drug-likeness (QED) is 0.208. The molecule has 0 unspecified atom stereocenters. The average Bonchev–Trinajstić information content (AvgIpc) is 3.28. The molecule has 2 aromatic heterocycles. The van der Waals surface area contributed by atoms with E-state index in [9.17, 15) is 4.79 Å². The predicted octanol–water partition coefficient (Wildman–Crippen LogP) is 7.29. The van der Waals surface area contributed by atoms with Gasteiger partial charge in [-0.05, 0) is 89.4 Å². The normalized spacial score (nSPS) is 12.6. The summed E-state index contributed by atoms with van der Waals surface area (Å²) >= 11 is 9.70. The Morgan fingerprint density at radius 2 is 2.00 bits per heavy atom. The molecule has 0 bridgehead atoms. The summed E-state index contributed by atoms with van der Waals surface area (Å²) in [5, 5.41) is 6.38. The fraction of sp³-hybridized carbons (Fsp3) is 0.148. The monoisotopic (exact) mass is 549 g/mol. The van der Waals surface area contributed by atoms with Gasteiger partial charge < -0.3 is 9.15 Å². The Bertz CT molecular complexity index is 1640. The Morgan fingerprint density at radius 3 is 2.80 bits per heavy atom. The zero-order chi connectivity index (χ0) is 24.5. The maximum atomic E-state index is 13.4. The van der Waals surface area contributed by atoms with Crippen molar-refractivity contribution < 1.29 is 9.15 Å². The lowest BCUT2D eigenvalue weighted by Gasteiger charge is -2.14. The third kappa shape index (κ3) is 4.74. The smallest absolute Gasteiger partial charge is 0.282 e. The Labute approximate surface area is 214 Å². The molecule has 8 heteroatoms. The SMILES string of the molecule is CC[C@@H](C)Oc1ccc(C=Nn2c(-c3cc4cc(Cl)ccc4o3)nc3ccccc3c2=O)cc1Br. The summed E-state index contributed by atoms with van der Waals surface area (Å²) in [5.41, 5.74) is 1.70. The summed E-state index contributed by atoms with van der Waals surface area (Å²) in [7, 11) is 0. The van der Waals surface area contributed by atoms with Crippen LogP contribution in [0.2, 0.25) is 5.02 Å². The first-order valence-corrected chi connectivity index (χ1v) is 12.3. The van der Waals surface area contributed by atoms with E-state index in [1.54, 1.807) is 48.7 Å². The molecule has 1 atom stereocenters. The molecule has 0 saturated carbocycles. The fourth-order valence-electron chi connectivity index (χ4n) is 3.63. The number of ether oxygens (including phenoxy) is 1. The number of aromatic nitrogens is 2. The van der Waals surface area contributed by atoms with Crippen LogP contribution >= 0.6 is 27.5 Å². The molecule has 5 rings (SSSR count). The van der Waals surface area contributed by atoms with Gasteiger partial charge in [-0.3, -0.25) is 4.79 Å². The van der Waals surface area contributed by atoms with Crippen molar-refractivity contribution in [3.8, 4) is 17.3 Å². The van der Waals surface area contributed by atoms with Gasteiger partial charge in [0, 0.05) is 10.4 Å². The first kappa shape index (κ1) is 23.3. The predicted molar refractivity (Wildman–Crippen MR) is 144 cm³/mol. The highest BCUT2D eigenvalue weighted by molar-refractivity contribution is 9.10. The molecule has 0 N–H and O–H groups in total. The lowest BCUT2D eigenvalue weighted by atomic mass is 10.2. The number of fused-ring (bicyclic) bond motifs is 2. The maximum absolute atomic E-state index is 13.4. The Hall–Kier alpha value is -3.42. The highest BCUT2D eigenvalue weighted by Gasteiger charge is 2.16. The van der Waals surface area contributed by atoms with Gasteiger partial charge in [0.25, 0.3) is 5.56 Å². The minimum atomic E-state index is -0.295. The third-order valence-electron chi connectivity index (χ3n) is 5.63. The van der Waals surface area contributed by atoms with Crippen LogP contribution in [0.25, 0.3) is 33.5 Å². The minimum Gasteiger partial charge on any atom is -0.490 e. The van der Waals surface area contributed by atoms with Crippen molar-refractivity contribution in [2.75, 3.05) is 0 Å². The molecule has 176 valence electrons. The molecular weight excluding hydrogens is 530 g/mol. The second kappa shape index (κ2) is 9.68. The number of rotatable bonds is 6.